The van der Waals surface area contributed by atoms with E-state index in [1.165, 1.54) is 0 Å². The van der Waals surface area contributed by atoms with E-state index in [2.05, 4.69) is 0 Å². The predicted octanol–water partition coefficient (Wildman–Crippen LogP) is 1.82. The molecule has 4 rings (SSSR count). The van der Waals surface area contributed by atoms with E-state index in [9.17, 15) is 13.6 Å². The second-order valence-electron chi connectivity index (χ2n) is 5.88. The molecule has 1 aliphatic carbocycles. The van der Waals surface area contributed by atoms with Crippen LogP contribution in [0.2, 0.25) is 0 Å². The number of carbonyl (C=O) groups excluding carboxylic acids is 1. The minimum atomic E-state index is -2.71. The van der Waals surface area contributed by atoms with E-state index in [1.54, 1.807) is 29.2 Å². The van der Waals surface area contributed by atoms with Crippen LogP contribution < -0.4 is 0 Å². The van der Waals surface area contributed by atoms with Gasteiger partial charge < -0.3 is 9.64 Å². The van der Waals surface area contributed by atoms with Crippen molar-refractivity contribution in [3.63, 3.8) is 0 Å². The number of ether oxygens (including phenoxy) is 1. The van der Waals surface area contributed by atoms with Crippen molar-refractivity contribution in [3.8, 4) is 0 Å². The van der Waals surface area contributed by atoms with Crippen LogP contribution in [0.25, 0.3) is 0 Å². The van der Waals surface area contributed by atoms with E-state index in [1.807, 2.05) is 6.07 Å². The molecule has 3 nitrogen and oxygen atoms in total. The molecule has 0 radical (unpaired) electrons. The van der Waals surface area contributed by atoms with Gasteiger partial charge in [-0.1, -0.05) is 30.3 Å². The number of likely N-dealkylation sites (tertiary alicyclic amines) is 1. The Morgan fingerprint density at radius 1 is 1.30 bits per heavy atom. The van der Waals surface area contributed by atoms with Crippen molar-refractivity contribution in [2.75, 3.05) is 19.7 Å². The molecule has 5 heteroatoms. The first-order chi connectivity index (χ1) is 9.57. The van der Waals surface area contributed by atoms with Gasteiger partial charge in [0.1, 0.15) is 0 Å². The highest BCUT2D eigenvalue weighted by Crippen LogP contribution is 2.69. The summed E-state index contributed by atoms with van der Waals surface area (Å²) < 4.78 is 33.6. The van der Waals surface area contributed by atoms with E-state index in [4.69, 9.17) is 4.74 Å². The Kier molecular flexibility index (Phi) is 2.32. The van der Waals surface area contributed by atoms with Gasteiger partial charge >= 0.3 is 0 Å². The first kappa shape index (κ1) is 12.3. The normalized spacial score (nSPS) is 37.2. The Hall–Kier alpha value is -1.49. The summed E-state index contributed by atoms with van der Waals surface area (Å²) in [5.74, 6) is -3.49. The molecule has 3 atom stereocenters. The Morgan fingerprint density at radius 3 is 2.65 bits per heavy atom. The Bertz CT molecular complexity index is 558. The first-order valence-corrected chi connectivity index (χ1v) is 6.91. The van der Waals surface area contributed by atoms with Gasteiger partial charge in [-0.05, 0) is 12.0 Å². The number of epoxide rings is 1. The van der Waals surface area contributed by atoms with Gasteiger partial charge in [-0.3, -0.25) is 4.79 Å². The van der Waals surface area contributed by atoms with Crippen LogP contribution in [-0.4, -0.2) is 42.5 Å². The summed E-state index contributed by atoms with van der Waals surface area (Å²) in [5.41, 5.74) is -0.541. The summed E-state index contributed by atoms with van der Waals surface area (Å²) in [6.45, 7) is 0.939. The predicted molar refractivity (Wildman–Crippen MR) is 67.5 cm³/mol. The highest BCUT2D eigenvalue weighted by atomic mass is 19.3. The summed E-state index contributed by atoms with van der Waals surface area (Å²) in [5, 5.41) is 0. The molecular formula is C15H15F2NO2. The van der Waals surface area contributed by atoms with E-state index >= 15 is 0 Å². The van der Waals surface area contributed by atoms with E-state index in [0.717, 1.165) is 0 Å². The molecular weight excluding hydrogens is 264 g/mol. The largest absolute Gasteiger partial charge is 0.363 e. The number of alkyl halides is 2. The molecule has 3 unspecified atom stereocenters. The third-order valence-electron chi connectivity index (χ3n) is 4.88. The molecule has 1 aromatic rings. The summed E-state index contributed by atoms with van der Waals surface area (Å²) in [7, 11) is 0. The van der Waals surface area contributed by atoms with Crippen LogP contribution in [0.4, 0.5) is 8.78 Å². The zero-order valence-corrected chi connectivity index (χ0v) is 10.9. The maximum absolute atomic E-state index is 14.3. The van der Waals surface area contributed by atoms with Crippen LogP contribution in [0.3, 0.4) is 0 Å². The lowest BCUT2D eigenvalue weighted by Crippen LogP contribution is -2.45. The van der Waals surface area contributed by atoms with Gasteiger partial charge in [-0.25, -0.2) is 8.78 Å². The molecule has 1 saturated carbocycles. The van der Waals surface area contributed by atoms with Gasteiger partial charge in [0.15, 0.2) is 6.10 Å². The second-order valence-corrected chi connectivity index (χ2v) is 5.88. The number of amides is 1. The monoisotopic (exact) mass is 279 g/mol. The van der Waals surface area contributed by atoms with Gasteiger partial charge in [0.2, 0.25) is 0 Å². The molecule has 0 N–H and O–H groups in total. The molecule has 20 heavy (non-hydrogen) atoms. The number of benzene rings is 1. The van der Waals surface area contributed by atoms with Crippen LogP contribution in [0.15, 0.2) is 30.3 Å². The average Bonchev–Trinajstić information content (AvgIpc) is 3.37. The fourth-order valence-electron chi connectivity index (χ4n) is 3.64. The van der Waals surface area contributed by atoms with Crippen LogP contribution in [0, 0.1) is 5.92 Å². The fraction of sp³-hybridized carbons (Fsp3) is 0.533. The van der Waals surface area contributed by atoms with Crippen molar-refractivity contribution in [2.45, 2.75) is 23.9 Å². The van der Waals surface area contributed by atoms with Crippen molar-refractivity contribution >= 4 is 5.91 Å². The smallest absolute Gasteiger partial charge is 0.263 e. The van der Waals surface area contributed by atoms with Gasteiger partial charge in [0.25, 0.3) is 11.8 Å². The minimum Gasteiger partial charge on any atom is -0.363 e. The second kappa shape index (κ2) is 3.79. The molecule has 2 heterocycles. The van der Waals surface area contributed by atoms with Crippen molar-refractivity contribution in [3.05, 3.63) is 35.9 Å². The minimum absolute atomic E-state index is 0.105. The van der Waals surface area contributed by atoms with Gasteiger partial charge in [0.05, 0.1) is 12.0 Å². The lowest BCUT2D eigenvalue weighted by molar-refractivity contribution is -0.133. The van der Waals surface area contributed by atoms with Crippen molar-refractivity contribution in [2.24, 2.45) is 5.92 Å². The summed E-state index contributed by atoms with van der Waals surface area (Å²) in [6.07, 6.45) is -0.0351. The van der Waals surface area contributed by atoms with Crippen molar-refractivity contribution in [1.29, 1.82) is 0 Å². The zero-order valence-electron chi connectivity index (χ0n) is 10.9. The first-order valence-electron chi connectivity index (χ1n) is 6.91. The topological polar surface area (TPSA) is 32.8 Å². The zero-order chi connectivity index (χ0) is 14.0. The summed E-state index contributed by atoms with van der Waals surface area (Å²) in [4.78, 5) is 13.6. The van der Waals surface area contributed by atoms with E-state index in [-0.39, 0.29) is 12.5 Å². The number of carbonyl (C=O) groups is 1. The number of hydrogen-bond acceptors (Lipinski definition) is 2. The highest BCUT2D eigenvalue weighted by Gasteiger charge is 2.82. The highest BCUT2D eigenvalue weighted by molar-refractivity contribution is 5.83. The number of halogens is 2. The molecule has 1 amide bonds. The third kappa shape index (κ3) is 1.44. The lowest BCUT2D eigenvalue weighted by atomic mass is 9.88. The fourth-order valence-corrected chi connectivity index (χ4v) is 3.64. The molecule has 0 aromatic heterocycles. The van der Waals surface area contributed by atoms with Gasteiger partial charge in [0, 0.05) is 19.0 Å². The molecule has 3 aliphatic rings. The number of rotatable bonds is 2. The Morgan fingerprint density at radius 2 is 2.00 bits per heavy atom. The lowest BCUT2D eigenvalue weighted by Gasteiger charge is -2.31. The van der Waals surface area contributed by atoms with Crippen molar-refractivity contribution < 1.29 is 18.3 Å². The molecule has 0 bridgehead atoms. The number of hydrogen-bond donors (Lipinski definition) is 0. The van der Waals surface area contributed by atoms with Crippen molar-refractivity contribution in [1.82, 2.24) is 4.90 Å². The average molecular weight is 279 g/mol. The van der Waals surface area contributed by atoms with Gasteiger partial charge in [-0.2, -0.15) is 0 Å². The molecule has 3 fully saturated rings. The molecule has 2 saturated heterocycles. The molecule has 106 valence electrons. The Balaban J connectivity index is 1.67. The summed E-state index contributed by atoms with van der Waals surface area (Å²) in [6, 6.07) is 8.87. The maximum Gasteiger partial charge on any atom is 0.263 e. The summed E-state index contributed by atoms with van der Waals surface area (Å²) >= 11 is 0. The number of piperidine rings is 1. The van der Waals surface area contributed by atoms with Crippen LogP contribution in [-0.2, 0) is 14.9 Å². The third-order valence-corrected chi connectivity index (χ3v) is 4.88. The number of fused-ring (bicyclic) bond motifs is 1. The Labute approximate surface area is 115 Å². The quantitative estimate of drug-likeness (QED) is 0.774. The van der Waals surface area contributed by atoms with Crippen LogP contribution in [0.1, 0.15) is 12.0 Å². The van der Waals surface area contributed by atoms with E-state index in [0.29, 0.717) is 25.1 Å². The molecule has 2 aliphatic heterocycles. The SMILES string of the molecule is O=C(C1CO1)N1CCC2C(F)(F)C2(c2ccccc2)C1. The molecule has 1 aromatic carbocycles. The van der Waals surface area contributed by atoms with Crippen LogP contribution >= 0.6 is 0 Å². The molecule has 0 spiro atoms. The van der Waals surface area contributed by atoms with E-state index < -0.39 is 23.4 Å². The van der Waals surface area contributed by atoms with Crippen LogP contribution in [0.5, 0.6) is 0 Å². The van der Waals surface area contributed by atoms with Gasteiger partial charge in [-0.15, -0.1) is 0 Å². The number of nitrogens with zero attached hydrogens (tertiary/aromatic N) is 1. The standard InChI is InChI=1S/C15H15F2NO2/c16-15(17)12-6-7-18(13(19)11-8-20-11)9-14(12,15)10-4-2-1-3-5-10/h1-5,11-12H,6-9H2. The maximum atomic E-state index is 14.3.